The van der Waals surface area contributed by atoms with E-state index in [0.29, 0.717) is 0 Å². The molecule has 0 saturated heterocycles. The molecule has 0 aromatic heterocycles. The molecule has 0 aliphatic heterocycles. The van der Waals surface area contributed by atoms with Crippen LogP contribution in [0, 0.1) is 0 Å². The maximum atomic E-state index is 11.3. The predicted molar refractivity (Wildman–Crippen MR) is 33.8 cm³/mol. The Morgan fingerprint density at radius 3 is 1.62 bits per heavy atom. The molecular formula is C3H8F3IZn. The van der Waals surface area contributed by atoms with Crippen molar-refractivity contribution < 1.29 is 26.2 Å². The van der Waals surface area contributed by atoms with Crippen LogP contribution >= 0.6 is 24.0 Å². The summed E-state index contributed by atoms with van der Waals surface area (Å²) in [6.45, 7) is 1.56. The number of rotatable bonds is 2. The largest absolute Gasteiger partial charge is 0.107 e. The van der Waals surface area contributed by atoms with Gasteiger partial charge in [-0.3, -0.25) is 0 Å². The van der Waals surface area contributed by atoms with Gasteiger partial charge < -0.3 is 0 Å². The summed E-state index contributed by atoms with van der Waals surface area (Å²) in [5.41, 5.74) is 0. The maximum absolute atomic E-state index is 11.3. The summed E-state index contributed by atoms with van der Waals surface area (Å²) in [4.78, 5) is 0. The van der Waals surface area contributed by atoms with Gasteiger partial charge in [-0.15, -0.1) is 24.0 Å². The molecule has 0 bridgehead atoms. The molecule has 5 heteroatoms. The second-order valence-electron chi connectivity index (χ2n) is 1.72. The maximum Gasteiger partial charge on any atom is -0.107 e. The number of hydrogen-bond donors (Lipinski definition) is 0. The normalized spacial score (nSPS) is 8.50. The molecule has 0 aromatic rings. The van der Waals surface area contributed by atoms with Crippen LogP contribution in [-0.2, 0) is 16.3 Å². The first-order valence-electron chi connectivity index (χ1n) is 2.51. The van der Waals surface area contributed by atoms with Gasteiger partial charge in [-0.05, 0) is 0 Å². The SMILES string of the molecule is CC[CH2][Zn]([F])([F])[F].I. The molecule has 0 atom stereocenters. The van der Waals surface area contributed by atoms with E-state index in [-0.39, 0.29) is 30.4 Å². The van der Waals surface area contributed by atoms with Crippen LogP contribution in [0.4, 0.5) is 9.95 Å². The molecule has 0 radical (unpaired) electrons. The Hall–Kier alpha value is 1.14. The van der Waals surface area contributed by atoms with Crippen molar-refractivity contribution in [3.63, 3.8) is 0 Å². The summed E-state index contributed by atoms with van der Waals surface area (Å²) < 4.78 is 33.8. The van der Waals surface area contributed by atoms with Gasteiger partial charge in [0.25, 0.3) is 0 Å². The van der Waals surface area contributed by atoms with E-state index in [1.54, 1.807) is 6.92 Å². The summed E-state index contributed by atoms with van der Waals surface area (Å²) in [6, 6.07) is 0. The Morgan fingerprint density at radius 1 is 1.25 bits per heavy atom. The average Bonchev–Trinajstić information content (AvgIpc) is 1.30. The summed E-state index contributed by atoms with van der Waals surface area (Å²) in [5.74, 6) is 0. The van der Waals surface area contributed by atoms with Crippen molar-refractivity contribution in [3.05, 3.63) is 0 Å². The van der Waals surface area contributed by atoms with Gasteiger partial charge in [0.15, 0.2) is 0 Å². The quantitative estimate of drug-likeness (QED) is 0.541. The van der Waals surface area contributed by atoms with Crippen molar-refractivity contribution in [1.82, 2.24) is 0 Å². The molecule has 0 fully saturated rings. The van der Waals surface area contributed by atoms with Crippen molar-refractivity contribution >= 4 is 24.0 Å². The second-order valence-corrected chi connectivity index (χ2v) is 6.86. The summed E-state index contributed by atoms with van der Waals surface area (Å²) in [6.07, 6.45) is 0.281. The third-order valence-corrected chi connectivity index (χ3v) is 3.92. The van der Waals surface area contributed by atoms with Gasteiger partial charge in [0, 0.05) is 0 Å². The number of halogens is 4. The fourth-order valence-corrected chi connectivity index (χ4v) is 2.08. The minimum Gasteiger partial charge on any atom is -0.107 e. The summed E-state index contributed by atoms with van der Waals surface area (Å²) >= 11 is -5.85. The molecule has 8 heavy (non-hydrogen) atoms. The molecule has 0 aliphatic rings. The Labute approximate surface area is 68.4 Å². The Bertz CT molecular complexity index is 53.0. The van der Waals surface area contributed by atoms with Gasteiger partial charge in [-0.2, -0.15) is 0 Å². The van der Waals surface area contributed by atoms with Crippen LogP contribution in [0.5, 0.6) is 0 Å². The van der Waals surface area contributed by atoms with Gasteiger partial charge in [0.2, 0.25) is 0 Å². The monoisotopic (exact) mass is 292 g/mol. The van der Waals surface area contributed by atoms with E-state index in [9.17, 15) is 9.95 Å². The van der Waals surface area contributed by atoms with E-state index >= 15 is 0 Å². The van der Waals surface area contributed by atoms with Crippen molar-refractivity contribution in [3.8, 4) is 0 Å². The van der Waals surface area contributed by atoms with Crippen molar-refractivity contribution in [2.24, 2.45) is 0 Å². The van der Waals surface area contributed by atoms with Crippen LogP contribution in [0.2, 0.25) is 5.02 Å². The van der Waals surface area contributed by atoms with Crippen LogP contribution < -0.4 is 0 Å². The summed E-state index contributed by atoms with van der Waals surface area (Å²) in [7, 11) is 0. The van der Waals surface area contributed by atoms with E-state index < -0.39 is 21.3 Å². The molecule has 0 rings (SSSR count). The van der Waals surface area contributed by atoms with Gasteiger partial charge in [0.1, 0.15) is 0 Å². The topological polar surface area (TPSA) is 0 Å². The van der Waals surface area contributed by atoms with E-state index in [1.165, 1.54) is 0 Å². The van der Waals surface area contributed by atoms with Crippen molar-refractivity contribution in [2.45, 2.75) is 18.4 Å². The van der Waals surface area contributed by atoms with Crippen LogP contribution in [0.15, 0.2) is 0 Å². The molecule has 0 nitrogen and oxygen atoms in total. The molecule has 50 valence electrons. The molecule has 0 heterocycles. The zero-order valence-electron chi connectivity index (χ0n) is 4.66. The van der Waals surface area contributed by atoms with Crippen molar-refractivity contribution in [1.29, 1.82) is 0 Å². The van der Waals surface area contributed by atoms with Gasteiger partial charge in [0.05, 0.1) is 0 Å². The molecular weight excluding hydrogens is 285 g/mol. The Balaban J connectivity index is 0. The fourth-order valence-electron chi connectivity index (χ4n) is 0.401. The van der Waals surface area contributed by atoms with Crippen LogP contribution in [0.1, 0.15) is 13.3 Å². The molecule has 0 aliphatic carbocycles. The second kappa shape index (κ2) is 4.97. The van der Waals surface area contributed by atoms with Crippen molar-refractivity contribution in [2.75, 3.05) is 0 Å². The van der Waals surface area contributed by atoms with Gasteiger partial charge in [-0.1, -0.05) is 0 Å². The first kappa shape index (κ1) is 11.9. The van der Waals surface area contributed by atoms with Crippen LogP contribution in [0.25, 0.3) is 0 Å². The minimum atomic E-state index is -5.85. The van der Waals surface area contributed by atoms with E-state index in [2.05, 4.69) is 0 Å². The third kappa shape index (κ3) is 10.2. The first-order valence-corrected chi connectivity index (χ1v) is 7.97. The third-order valence-electron chi connectivity index (χ3n) is 0.754. The molecule has 0 N–H and O–H groups in total. The molecule has 0 aromatic carbocycles. The summed E-state index contributed by atoms with van der Waals surface area (Å²) in [5, 5.41) is -0.441. The average molecular weight is 293 g/mol. The van der Waals surface area contributed by atoms with Crippen LogP contribution in [-0.4, -0.2) is 0 Å². The Morgan fingerprint density at radius 2 is 1.62 bits per heavy atom. The van der Waals surface area contributed by atoms with Crippen LogP contribution in [0.3, 0.4) is 0 Å². The standard InChI is InChI=1S/C3H7.3FH.HI.Zn/c1-3-2;;;;;/h1,3H2,2H3;4*1H;/q;;;;;+3/p-3. The zero-order chi connectivity index (χ0) is 5.91. The molecule has 0 spiro atoms. The first-order chi connectivity index (χ1) is 3.06. The fraction of sp³-hybridized carbons (Fsp3) is 1.00. The minimum absolute atomic E-state index is 0. The zero-order valence-corrected chi connectivity index (χ0v) is 9.96. The molecule has 0 unspecified atom stereocenters. The van der Waals surface area contributed by atoms with Gasteiger partial charge >= 0.3 is 44.6 Å². The predicted octanol–water partition coefficient (Wildman–Crippen LogP) is 3.24. The number of hydrogen-bond acceptors (Lipinski definition) is 0. The van der Waals surface area contributed by atoms with E-state index in [1.807, 2.05) is 0 Å². The van der Waals surface area contributed by atoms with E-state index in [0.717, 1.165) is 0 Å². The van der Waals surface area contributed by atoms with Gasteiger partial charge in [-0.25, -0.2) is 0 Å². The molecule has 0 amide bonds. The Kier molecular flexibility index (Phi) is 7.38. The molecule has 0 saturated carbocycles. The smallest absolute Gasteiger partial charge is 0.107 e. The van der Waals surface area contributed by atoms with E-state index in [4.69, 9.17) is 0 Å².